The lowest BCUT2D eigenvalue weighted by Gasteiger charge is -2.38. The van der Waals surface area contributed by atoms with Gasteiger partial charge in [0, 0.05) is 56.2 Å². The molecule has 1 aromatic carbocycles. The van der Waals surface area contributed by atoms with Crippen molar-refractivity contribution in [1.29, 1.82) is 0 Å². The average molecular weight is 335 g/mol. The molecule has 25 heavy (non-hydrogen) atoms. The Morgan fingerprint density at radius 2 is 1.76 bits per heavy atom. The van der Waals surface area contributed by atoms with E-state index < -0.39 is 0 Å². The molecule has 3 aromatic rings. The van der Waals surface area contributed by atoms with E-state index in [1.807, 2.05) is 12.1 Å². The SMILES string of the molecule is C[C@@H](c1ccc2ccc(=O)[nH]c2c1)N1CCN(c2ncccn2)CC1. The summed E-state index contributed by atoms with van der Waals surface area (Å²) < 4.78 is 0. The number of aromatic amines is 1. The molecule has 1 aliphatic heterocycles. The van der Waals surface area contributed by atoms with Gasteiger partial charge in [-0.15, -0.1) is 0 Å². The van der Waals surface area contributed by atoms with Gasteiger partial charge in [-0.05, 0) is 36.1 Å². The van der Waals surface area contributed by atoms with Gasteiger partial charge in [0.1, 0.15) is 0 Å². The minimum absolute atomic E-state index is 0.0613. The van der Waals surface area contributed by atoms with Crippen molar-refractivity contribution >= 4 is 16.9 Å². The summed E-state index contributed by atoms with van der Waals surface area (Å²) in [5, 5.41) is 1.06. The Balaban J connectivity index is 1.48. The fourth-order valence-corrected chi connectivity index (χ4v) is 3.40. The summed E-state index contributed by atoms with van der Waals surface area (Å²) in [6.45, 7) is 5.97. The molecule has 1 N–H and O–H groups in total. The summed E-state index contributed by atoms with van der Waals surface area (Å²) >= 11 is 0. The van der Waals surface area contributed by atoms with Crippen molar-refractivity contribution < 1.29 is 0 Å². The fourth-order valence-electron chi connectivity index (χ4n) is 3.40. The molecule has 0 unspecified atom stereocenters. The summed E-state index contributed by atoms with van der Waals surface area (Å²) in [6, 6.07) is 11.9. The lowest BCUT2D eigenvalue weighted by atomic mass is 10.0. The first-order chi connectivity index (χ1) is 12.2. The summed E-state index contributed by atoms with van der Waals surface area (Å²) in [6.07, 6.45) is 3.57. The first-order valence-corrected chi connectivity index (χ1v) is 8.60. The molecule has 4 rings (SSSR count). The van der Waals surface area contributed by atoms with Crippen LogP contribution in [0.2, 0.25) is 0 Å². The Labute approximate surface area is 146 Å². The largest absolute Gasteiger partial charge is 0.338 e. The van der Waals surface area contributed by atoms with Crippen LogP contribution < -0.4 is 10.5 Å². The van der Waals surface area contributed by atoms with Crippen molar-refractivity contribution in [1.82, 2.24) is 19.9 Å². The lowest BCUT2D eigenvalue weighted by Crippen LogP contribution is -2.47. The first kappa shape index (κ1) is 15.8. The first-order valence-electron chi connectivity index (χ1n) is 8.60. The van der Waals surface area contributed by atoms with Gasteiger partial charge in [0.05, 0.1) is 0 Å². The Kier molecular flexibility index (Phi) is 4.19. The molecule has 1 aliphatic rings. The smallest absolute Gasteiger partial charge is 0.248 e. The second-order valence-electron chi connectivity index (χ2n) is 6.42. The second kappa shape index (κ2) is 6.64. The monoisotopic (exact) mass is 335 g/mol. The van der Waals surface area contributed by atoms with Crippen LogP contribution >= 0.6 is 0 Å². The molecule has 0 amide bonds. The number of aromatic nitrogens is 3. The highest BCUT2D eigenvalue weighted by molar-refractivity contribution is 5.78. The van der Waals surface area contributed by atoms with Crippen LogP contribution in [-0.4, -0.2) is 46.0 Å². The molecule has 2 aromatic heterocycles. The molecule has 0 spiro atoms. The molecule has 3 heterocycles. The van der Waals surface area contributed by atoms with E-state index in [9.17, 15) is 4.79 Å². The number of piperazine rings is 1. The van der Waals surface area contributed by atoms with Gasteiger partial charge in [0.15, 0.2) is 0 Å². The van der Waals surface area contributed by atoms with E-state index in [0.29, 0.717) is 6.04 Å². The molecule has 1 fully saturated rings. The van der Waals surface area contributed by atoms with Gasteiger partial charge in [-0.3, -0.25) is 9.69 Å². The number of fused-ring (bicyclic) bond motifs is 1. The van der Waals surface area contributed by atoms with E-state index in [1.54, 1.807) is 18.5 Å². The summed E-state index contributed by atoms with van der Waals surface area (Å²) in [4.78, 5) is 27.8. The second-order valence-corrected chi connectivity index (χ2v) is 6.42. The van der Waals surface area contributed by atoms with Gasteiger partial charge in [0.2, 0.25) is 11.5 Å². The van der Waals surface area contributed by atoms with Gasteiger partial charge in [-0.2, -0.15) is 0 Å². The standard InChI is InChI=1S/C19H21N5O/c1-14(16-4-3-15-5-6-18(25)22-17(15)13-16)23-9-11-24(12-10-23)19-20-7-2-8-21-19/h2-8,13-14H,9-12H2,1H3,(H,22,25)/t14-/m0/s1. The topological polar surface area (TPSA) is 65.1 Å². The van der Waals surface area contributed by atoms with E-state index in [2.05, 4.69) is 49.9 Å². The zero-order valence-electron chi connectivity index (χ0n) is 14.2. The highest BCUT2D eigenvalue weighted by Gasteiger charge is 2.23. The quantitative estimate of drug-likeness (QED) is 0.795. The molecular weight excluding hydrogens is 314 g/mol. The van der Waals surface area contributed by atoms with Crippen molar-refractivity contribution in [2.24, 2.45) is 0 Å². The van der Waals surface area contributed by atoms with E-state index in [4.69, 9.17) is 0 Å². The molecule has 6 nitrogen and oxygen atoms in total. The zero-order chi connectivity index (χ0) is 17.2. The van der Waals surface area contributed by atoms with Crippen LogP contribution in [0.15, 0.2) is 53.6 Å². The number of hydrogen-bond acceptors (Lipinski definition) is 5. The van der Waals surface area contributed by atoms with Crippen LogP contribution in [-0.2, 0) is 0 Å². The zero-order valence-corrected chi connectivity index (χ0v) is 14.2. The van der Waals surface area contributed by atoms with E-state index >= 15 is 0 Å². The van der Waals surface area contributed by atoms with Crippen LogP contribution in [0.4, 0.5) is 5.95 Å². The van der Waals surface area contributed by atoms with Crippen LogP contribution in [0.25, 0.3) is 10.9 Å². The predicted molar refractivity (Wildman–Crippen MR) is 98.8 cm³/mol. The van der Waals surface area contributed by atoms with Gasteiger partial charge >= 0.3 is 0 Å². The molecule has 1 saturated heterocycles. The third kappa shape index (κ3) is 3.25. The number of anilines is 1. The maximum absolute atomic E-state index is 11.6. The summed E-state index contributed by atoms with van der Waals surface area (Å²) in [5.74, 6) is 0.804. The number of H-pyrrole nitrogens is 1. The number of nitrogens with zero attached hydrogens (tertiary/aromatic N) is 4. The van der Waals surface area contributed by atoms with Crippen LogP contribution in [0.1, 0.15) is 18.5 Å². The number of hydrogen-bond donors (Lipinski definition) is 1. The minimum atomic E-state index is -0.0613. The Hall–Kier alpha value is -2.73. The highest BCUT2D eigenvalue weighted by atomic mass is 16.1. The molecule has 0 saturated carbocycles. The van der Waals surface area contributed by atoms with Crippen molar-refractivity contribution in [2.45, 2.75) is 13.0 Å². The highest BCUT2D eigenvalue weighted by Crippen LogP contribution is 2.24. The number of rotatable bonds is 3. The van der Waals surface area contributed by atoms with E-state index in [0.717, 1.165) is 43.0 Å². The Bertz CT molecular complexity index is 916. The molecule has 0 aliphatic carbocycles. The molecule has 128 valence electrons. The van der Waals surface area contributed by atoms with Gasteiger partial charge in [-0.1, -0.05) is 12.1 Å². The predicted octanol–water partition coefficient (Wildman–Crippen LogP) is 2.20. The maximum atomic E-state index is 11.6. The molecule has 6 heteroatoms. The summed E-state index contributed by atoms with van der Waals surface area (Å²) in [5.41, 5.74) is 2.06. The number of benzene rings is 1. The number of pyridine rings is 1. The maximum Gasteiger partial charge on any atom is 0.248 e. The third-order valence-corrected chi connectivity index (χ3v) is 4.93. The minimum Gasteiger partial charge on any atom is -0.338 e. The van der Waals surface area contributed by atoms with Gasteiger partial charge < -0.3 is 9.88 Å². The van der Waals surface area contributed by atoms with E-state index in [1.165, 1.54) is 5.56 Å². The Morgan fingerprint density at radius 1 is 1.04 bits per heavy atom. The van der Waals surface area contributed by atoms with Crippen molar-refractivity contribution in [2.75, 3.05) is 31.1 Å². The lowest BCUT2D eigenvalue weighted by molar-refractivity contribution is 0.198. The molecule has 1 atom stereocenters. The van der Waals surface area contributed by atoms with Gasteiger partial charge in [0.25, 0.3) is 0 Å². The molecule has 0 bridgehead atoms. The van der Waals surface area contributed by atoms with Crippen molar-refractivity contribution in [3.63, 3.8) is 0 Å². The summed E-state index contributed by atoms with van der Waals surface area (Å²) in [7, 11) is 0. The van der Waals surface area contributed by atoms with Crippen LogP contribution in [0, 0.1) is 0 Å². The normalized spacial score (nSPS) is 16.9. The van der Waals surface area contributed by atoms with Crippen LogP contribution in [0.3, 0.4) is 0 Å². The van der Waals surface area contributed by atoms with Gasteiger partial charge in [-0.25, -0.2) is 9.97 Å². The average Bonchev–Trinajstić information content (AvgIpc) is 2.67. The number of nitrogens with one attached hydrogen (secondary N) is 1. The Morgan fingerprint density at radius 3 is 2.52 bits per heavy atom. The van der Waals surface area contributed by atoms with E-state index in [-0.39, 0.29) is 5.56 Å². The van der Waals surface area contributed by atoms with Crippen molar-refractivity contribution in [3.05, 3.63) is 64.7 Å². The third-order valence-electron chi connectivity index (χ3n) is 4.93. The fraction of sp³-hybridized carbons (Fsp3) is 0.316. The molecule has 0 radical (unpaired) electrons. The van der Waals surface area contributed by atoms with Crippen LogP contribution in [0.5, 0.6) is 0 Å². The molecular formula is C19H21N5O. The van der Waals surface area contributed by atoms with Crippen molar-refractivity contribution in [3.8, 4) is 0 Å².